The lowest BCUT2D eigenvalue weighted by molar-refractivity contribution is -0.137. The van der Waals surface area contributed by atoms with Gasteiger partial charge in [-0.2, -0.15) is 13.2 Å². The Hall–Kier alpha value is -2.06. The monoisotopic (exact) mass is 326 g/mol. The van der Waals surface area contributed by atoms with Crippen LogP contribution < -0.4 is 10.9 Å². The second-order valence-electron chi connectivity index (χ2n) is 5.39. The Bertz CT molecular complexity index is 538. The van der Waals surface area contributed by atoms with E-state index in [0.29, 0.717) is 12.1 Å². The van der Waals surface area contributed by atoms with Crippen LogP contribution in [0, 0.1) is 0 Å². The normalized spacial score (nSPS) is 12.2. The van der Waals surface area contributed by atoms with Gasteiger partial charge in [-0.25, -0.2) is 19.0 Å². The number of carbonyl (C=O) groups is 1. The molecular formula is C13H15F5N2O2. The molecule has 0 unspecified atom stereocenters. The third-order valence-electron chi connectivity index (χ3n) is 2.24. The van der Waals surface area contributed by atoms with Crippen molar-refractivity contribution < 1.29 is 31.5 Å². The average Bonchev–Trinajstić information content (AvgIpc) is 2.33. The van der Waals surface area contributed by atoms with E-state index in [9.17, 15) is 26.7 Å². The molecule has 0 fully saturated rings. The van der Waals surface area contributed by atoms with Crippen LogP contribution in [0.5, 0.6) is 0 Å². The van der Waals surface area contributed by atoms with Gasteiger partial charge in [0, 0.05) is 5.56 Å². The first kappa shape index (κ1) is 18.0. The number of amides is 1. The Kier molecular flexibility index (Phi) is 5.21. The maximum absolute atomic E-state index is 12.6. The smallest absolute Gasteiger partial charge is 0.426 e. The summed E-state index contributed by atoms with van der Waals surface area (Å²) in [4.78, 5) is 11.4. The zero-order valence-corrected chi connectivity index (χ0v) is 12.0. The molecule has 124 valence electrons. The van der Waals surface area contributed by atoms with Crippen molar-refractivity contribution >= 4 is 11.8 Å². The van der Waals surface area contributed by atoms with Crippen LogP contribution in [0.2, 0.25) is 0 Å². The van der Waals surface area contributed by atoms with Crippen molar-refractivity contribution in [1.29, 1.82) is 0 Å². The number of rotatable bonds is 3. The molecule has 1 aromatic rings. The van der Waals surface area contributed by atoms with Crippen LogP contribution in [0.1, 0.15) is 38.3 Å². The molecule has 0 saturated carbocycles. The van der Waals surface area contributed by atoms with Crippen LogP contribution in [0.15, 0.2) is 18.2 Å². The molecule has 0 aliphatic rings. The van der Waals surface area contributed by atoms with Crippen LogP contribution in [0.3, 0.4) is 0 Å². The summed E-state index contributed by atoms with van der Waals surface area (Å²) < 4.78 is 68.1. The Labute approximate surface area is 123 Å². The summed E-state index contributed by atoms with van der Waals surface area (Å²) in [5.41, 5.74) is 0.877. The van der Waals surface area contributed by atoms with E-state index in [-0.39, 0.29) is 5.69 Å². The highest BCUT2D eigenvalue weighted by Crippen LogP contribution is 2.34. The van der Waals surface area contributed by atoms with Crippen molar-refractivity contribution in [2.45, 2.75) is 39.0 Å². The SMILES string of the molecule is CC(C)(C)OC(=O)NNc1cc(C(F)F)cc(C(F)(F)F)c1. The zero-order valence-electron chi connectivity index (χ0n) is 12.0. The first-order valence-electron chi connectivity index (χ1n) is 6.14. The minimum absolute atomic E-state index is 0.337. The number of nitrogens with one attached hydrogen (secondary N) is 2. The number of carbonyl (C=O) groups excluding carboxylic acids is 1. The molecule has 0 saturated heterocycles. The fraction of sp³-hybridized carbons (Fsp3) is 0.462. The van der Waals surface area contributed by atoms with Crippen LogP contribution in [-0.4, -0.2) is 11.7 Å². The maximum atomic E-state index is 12.6. The molecule has 2 N–H and O–H groups in total. The minimum atomic E-state index is -4.78. The topological polar surface area (TPSA) is 50.4 Å². The summed E-state index contributed by atoms with van der Waals surface area (Å²) in [7, 11) is 0. The van der Waals surface area contributed by atoms with E-state index < -0.39 is 35.4 Å². The van der Waals surface area contributed by atoms with Gasteiger partial charge in [-0.05, 0) is 39.0 Å². The second-order valence-corrected chi connectivity index (χ2v) is 5.39. The summed E-state index contributed by atoms with van der Waals surface area (Å²) >= 11 is 0. The van der Waals surface area contributed by atoms with E-state index >= 15 is 0 Å². The molecule has 1 aromatic carbocycles. The molecule has 0 atom stereocenters. The Morgan fingerprint density at radius 3 is 2.18 bits per heavy atom. The average molecular weight is 326 g/mol. The molecule has 1 amide bonds. The molecule has 22 heavy (non-hydrogen) atoms. The number of halogens is 5. The van der Waals surface area contributed by atoms with E-state index in [1.54, 1.807) is 20.8 Å². The number of hydrogen-bond donors (Lipinski definition) is 2. The minimum Gasteiger partial charge on any atom is -0.443 e. The Morgan fingerprint density at radius 2 is 1.73 bits per heavy atom. The summed E-state index contributed by atoms with van der Waals surface area (Å²) in [6.07, 6.45) is -8.82. The lowest BCUT2D eigenvalue weighted by Crippen LogP contribution is -2.35. The van der Waals surface area contributed by atoms with Gasteiger partial charge in [0.1, 0.15) is 5.60 Å². The van der Waals surface area contributed by atoms with Gasteiger partial charge in [0.2, 0.25) is 0 Å². The summed E-state index contributed by atoms with van der Waals surface area (Å²) in [6.45, 7) is 4.77. The highest BCUT2D eigenvalue weighted by Gasteiger charge is 2.32. The van der Waals surface area contributed by atoms with Crippen molar-refractivity contribution in [2.75, 3.05) is 5.43 Å². The van der Waals surface area contributed by atoms with Crippen molar-refractivity contribution in [1.82, 2.24) is 5.43 Å². The standard InChI is InChI=1S/C13H15F5N2O2/c1-12(2,3)22-11(21)20-19-9-5-7(10(14)15)4-8(6-9)13(16,17)18/h4-6,10,19H,1-3H3,(H,20,21). The van der Waals surface area contributed by atoms with Gasteiger partial charge >= 0.3 is 12.3 Å². The van der Waals surface area contributed by atoms with Crippen molar-refractivity contribution in [3.63, 3.8) is 0 Å². The Morgan fingerprint density at radius 1 is 1.14 bits per heavy atom. The van der Waals surface area contributed by atoms with Gasteiger partial charge in [-0.15, -0.1) is 0 Å². The molecule has 0 aliphatic heterocycles. The molecular weight excluding hydrogens is 311 g/mol. The van der Waals surface area contributed by atoms with E-state index in [0.717, 1.165) is 6.07 Å². The van der Waals surface area contributed by atoms with Crippen LogP contribution in [0.25, 0.3) is 0 Å². The largest absolute Gasteiger partial charge is 0.443 e. The lowest BCUT2D eigenvalue weighted by atomic mass is 10.1. The molecule has 0 aromatic heterocycles. The molecule has 0 radical (unpaired) electrons. The van der Waals surface area contributed by atoms with Gasteiger partial charge in [0.05, 0.1) is 11.3 Å². The second kappa shape index (κ2) is 6.37. The Balaban J connectivity index is 2.90. The highest BCUT2D eigenvalue weighted by atomic mass is 19.4. The third kappa shape index (κ3) is 5.74. The molecule has 0 bridgehead atoms. The van der Waals surface area contributed by atoms with Gasteiger partial charge in [-0.3, -0.25) is 5.43 Å². The van der Waals surface area contributed by atoms with Crippen molar-refractivity contribution in [3.05, 3.63) is 29.3 Å². The third-order valence-corrected chi connectivity index (χ3v) is 2.24. The summed E-state index contributed by atoms with van der Waals surface area (Å²) in [5.74, 6) is 0. The van der Waals surface area contributed by atoms with Crippen LogP contribution in [0.4, 0.5) is 32.4 Å². The number of anilines is 1. The summed E-state index contributed by atoms with van der Waals surface area (Å²) in [5, 5.41) is 0. The van der Waals surface area contributed by atoms with Crippen LogP contribution in [-0.2, 0) is 10.9 Å². The fourth-order valence-corrected chi connectivity index (χ4v) is 1.44. The molecule has 0 aliphatic carbocycles. The quantitative estimate of drug-likeness (QED) is 0.635. The number of alkyl halides is 5. The maximum Gasteiger partial charge on any atom is 0.426 e. The number of benzene rings is 1. The van der Waals surface area contributed by atoms with Crippen molar-refractivity contribution in [3.8, 4) is 0 Å². The van der Waals surface area contributed by atoms with Gasteiger partial charge in [-0.1, -0.05) is 0 Å². The number of hydrogen-bond acceptors (Lipinski definition) is 3. The van der Waals surface area contributed by atoms with Gasteiger partial charge in [0.15, 0.2) is 0 Å². The first-order valence-corrected chi connectivity index (χ1v) is 6.14. The van der Waals surface area contributed by atoms with Crippen LogP contribution >= 0.6 is 0 Å². The summed E-state index contributed by atoms with van der Waals surface area (Å²) in [6, 6.07) is 1.75. The molecule has 1 rings (SSSR count). The van der Waals surface area contributed by atoms with E-state index in [2.05, 4.69) is 5.43 Å². The number of ether oxygens (including phenoxy) is 1. The molecule has 4 nitrogen and oxygen atoms in total. The van der Waals surface area contributed by atoms with Gasteiger partial charge < -0.3 is 4.74 Å². The first-order chi connectivity index (χ1) is 9.88. The zero-order chi connectivity index (χ0) is 17.1. The fourth-order valence-electron chi connectivity index (χ4n) is 1.44. The molecule has 0 heterocycles. The van der Waals surface area contributed by atoms with E-state index in [4.69, 9.17) is 4.74 Å². The molecule has 9 heteroatoms. The van der Waals surface area contributed by atoms with E-state index in [1.165, 1.54) is 0 Å². The lowest BCUT2D eigenvalue weighted by Gasteiger charge is -2.20. The van der Waals surface area contributed by atoms with Gasteiger partial charge in [0.25, 0.3) is 6.43 Å². The predicted octanol–water partition coefficient (Wildman–Crippen LogP) is 4.49. The highest BCUT2D eigenvalue weighted by molar-refractivity contribution is 5.70. The number of hydrazine groups is 1. The molecule has 0 spiro atoms. The van der Waals surface area contributed by atoms with E-state index in [1.807, 2.05) is 5.43 Å². The van der Waals surface area contributed by atoms with Crippen molar-refractivity contribution in [2.24, 2.45) is 0 Å². The predicted molar refractivity (Wildman–Crippen MR) is 69.4 cm³/mol.